The van der Waals surface area contributed by atoms with Crippen molar-refractivity contribution >= 4 is 22.7 Å². The highest BCUT2D eigenvalue weighted by Crippen LogP contribution is 2.11. The second-order valence-electron chi connectivity index (χ2n) is 4.43. The van der Waals surface area contributed by atoms with Crippen LogP contribution < -0.4 is 10.6 Å². The fourth-order valence-electron chi connectivity index (χ4n) is 1.16. The van der Waals surface area contributed by atoms with Gasteiger partial charge < -0.3 is 10.6 Å². The minimum Gasteiger partial charge on any atom is -0.354 e. The highest BCUT2D eigenvalue weighted by Gasteiger charge is 2.12. The third-order valence-electron chi connectivity index (χ3n) is 2.56. The molecule has 2 N–H and O–H groups in total. The summed E-state index contributed by atoms with van der Waals surface area (Å²) in [6, 6.07) is 0.236. The van der Waals surface area contributed by atoms with Gasteiger partial charge in [0.15, 0.2) is 0 Å². The molecule has 102 valence electrons. The summed E-state index contributed by atoms with van der Waals surface area (Å²) in [6.45, 7) is 8.95. The van der Waals surface area contributed by atoms with Crippen molar-refractivity contribution in [1.82, 2.24) is 15.0 Å². The predicted molar refractivity (Wildman–Crippen MR) is 74.2 cm³/mol. The number of hydrogen-bond donors (Lipinski definition) is 2. The normalized spacial score (nSPS) is 14.3. The minimum atomic E-state index is -1.22. The van der Waals surface area contributed by atoms with Crippen molar-refractivity contribution in [3.63, 3.8) is 0 Å². The van der Waals surface area contributed by atoms with Crippen LogP contribution in [0.3, 0.4) is 0 Å². The van der Waals surface area contributed by atoms with E-state index in [-0.39, 0.29) is 6.04 Å². The average Bonchev–Trinajstić information content (AvgIpc) is 2.28. The smallest absolute Gasteiger partial charge is 0.228 e. The molecule has 2 atom stereocenters. The fraction of sp³-hybridized carbons (Fsp3) is 0.727. The highest BCUT2D eigenvalue weighted by atomic mass is 32.2. The van der Waals surface area contributed by atoms with Gasteiger partial charge in [0.25, 0.3) is 0 Å². The molecule has 0 saturated heterocycles. The molecule has 0 aliphatic heterocycles. The molecule has 1 rings (SSSR count). The summed E-state index contributed by atoms with van der Waals surface area (Å²) in [7, 11) is -1.22. The molecule has 0 radical (unpaired) electrons. The molecule has 2 unspecified atom stereocenters. The molecule has 7 heteroatoms. The Labute approximate surface area is 110 Å². The van der Waals surface area contributed by atoms with Crippen LogP contribution in [-0.2, 0) is 10.8 Å². The van der Waals surface area contributed by atoms with Crippen LogP contribution in [0.15, 0.2) is 5.16 Å². The molecule has 0 amide bonds. The number of hydrogen-bond acceptors (Lipinski definition) is 6. The van der Waals surface area contributed by atoms with E-state index in [1.807, 2.05) is 6.92 Å². The van der Waals surface area contributed by atoms with E-state index >= 15 is 0 Å². The average molecular weight is 271 g/mol. The number of nitrogens with zero attached hydrogens (tertiary/aromatic N) is 3. The molecule has 1 heterocycles. The molecule has 0 aromatic carbocycles. The molecule has 0 aliphatic rings. The number of anilines is 2. The molecule has 1 aromatic heterocycles. The predicted octanol–water partition coefficient (Wildman–Crippen LogP) is 1.50. The van der Waals surface area contributed by atoms with Crippen molar-refractivity contribution in [2.75, 3.05) is 23.4 Å². The van der Waals surface area contributed by atoms with Crippen LogP contribution in [0.2, 0.25) is 0 Å². The van der Waals surface area contributed by atoms with Crippen LogP contribution in [0.1, 0.15) is 27.7 Å². The molecule has 0 fully saturated rings. The lowest BCUT2D eigenvalue weighted by Gasteiger charge is -2.17. The van der Waals surface area contributed by atoms with Crippen molar-refractivity contribution in [1.29, 1.82) is 0 Å². The summed E-state index contributed by atoms with van der Waals surface area (Å²) in [6.07, 6.45) is 1.56. The van der Waals surface area contributed by atoms with Gasteiger partial charge in [0, 0.05) is 18.8 Å². The van der Waals surface area contributed by atoms with Crippen LogP contribution in [-0.4, -0.2) is 38.0 Å². The van der Waals surface area contributed by atoms with E-state index in [0.717, 1.165) is 0 Å². The van der Waals surface area contributed by atoms with Gasteiger partial charge in [-0.15, -0.1) is 0 Å². The largest absolute Gasteiger partial charge is 0.354 e. The van der Waals surface area contributed by atoms with Gasteiger partial charge in [-0.05, 0) is 19.8 Å². The van der Waals surface area contributed by atoms with Crippen LogP contribution >= 0.6 is 0 Å². The molecule has 0 aliphatic carbocycles. The van der Waals surface area contributed by atoms with Crippen molar-refractivity contribution in [2.24, 2.45) is 5.92 Å². The molecule has 1 aromatic rings. The number of aromatic nitrogens is 3. The van der Waals surface area contributed by atoms with E-state index in [0.29, 0.717) is 29.5 Å². The zero-order valence-corrected chi connectivity index (χ0v) is 12.3. The standard InChI is InChI=1S/C11H21N5OS/c1-6-12-9-14-10(13-8(4)7(2)3)16-11(15-9)18(5)17/h7-8H,6H2,1-5H3,(H2,12,13,14,15,16). The maximum absolute atomic E-state index is 11.5. The molecule has 0 spiro atoms. The van der Waals surface area contributed by atoms with Crippen molar-refractivity contribution in [3.8, 4) is 0 Å². The SMILES string of the molecule is CCNc1nc(NC(C)C(C)C)nc(S(C)=O)n1. The summed E-state index contributed by atoms with van der Waals surface area (Å²) < 4.78 is 11.5. The molecular weight excluding hydrogens is 250 g/mol. The van der Waals surface area contributed by atoms with Gasteiger partial charge in [-0.1, -0.05) is 13.8 Å². The maximum Gasteiger partial charge on any atom is 0.228 e. The fourth-order valence-corrected chi connectivity index (χ4v) is 1.59. The van der Waals surface area contributed by atoms with E-state index in [4.69, 9.17) is 0 Å². The minimum absolute atomic E-state index is 0.236. The van der Waals surface area contributed by atoms with Crippen LogP contribution in [0.25, 0.3) is 0 Å². The van der Waals surface area contributed by atoms with Gasteiger partial charge in [-0.25, -0.2) is 0 Å². The Kier molecular flexibility index (Phi) is 5.46. The first-order valence-corrected chi connectivity index (χ1v) is 7.59. The van der Waals surface area contributed by atoms with Gasteiger partial charge in [0.1, 0.15) is 0 Å². The van der Waals surface area contributed by atoms with Crippen molar-refractivity contribution in [2.45, 2.75) is 38.9 Å². The van der Waals surface area contributed by atoms with Crippen LogP contribution in [0.5, 0.6) is 0 Å². The summed E-state index contributed by atoms with van der Waals surface area (Å²) in [5.74, 6) is 1.38. The second kappa shape index (κ2) is 6.63. The highest BCUT2D eigenvalue weighted by molar-refractivity contribution is 7.84. The van der Waals surface area contributed by atoms with E-state index in [2.05, 4.69) is 46.4 Å². The van der Waals surface area contributed by atoms with E-state index < -0.39 is 10.8 Å². The third kappa shape index (κ3) is 4.21. The lowest BCUT2D eigenvalue weighted by Crippen LogP contribution is -2.24. The topological polar surface area (TPSA) is 79.8 Å². The van der Waals surface area contributed by atoms with Crippen molar-refractivity contribution < 1.29 is 4.21 Å². The van der Waals surface area contributed by atoms with Crippen LogP contribution in [0.4, 0.5) is 11.9 Å². The van der Waals surface area contributed by atoms with E-state index in [1.54, 1.807) is 6.26 Å². The second-order valence-corrected chi connectivity index (χ2v) is 5.70. The summed E-state index contributed by atoms with van der Waals surface area (Å²) in [4.78, 5) is 12.5. The molecule has 0 bridgehead atoms. The van der Waals surface area contributed by atoms with Crippen molar-refractivity contribution in [3.05, 3.63) is 0 Å². The van der Waals surface area contributed by atoms with Gasteiger partial charge in [0.2, 0.25) is 17.1 Å². The molecule has 0 saturated carbocycles. The van der Waals surface area contributed by atoms with Gasteiger partial charge in [-0.3, -0.25) is 4.21 Å². The Bertz CT molecular complexity index is 424. The zero-order chi connectivity index (χ0) is 13.7. The molecule has 18 heavy (non-hydrogen) atoms. The van der Waals surface area contributed by atoms with Gasteiger partial charge >= 0.3 is 0 Å². The monoisotopic (exact) mass is 271 g/mol. The summed E-state index contributed by atoms with van der Waals surface area (Å²) in [5.41, 5.74) is 0. The molecular formula is C11H21N5OS. The summed E-state index contributed by atoms with van der Waals surface area (Å²) >= 11 is 0. The van der Waals surface area contributed by atoms with E-state index in [1.165, 1.54) is 0 Å². The Morgan fingerprint density at radius 3 is 2.28 bits per heavy atom. The summed E-state index contributed by atoms with van der Waals surface area (Å²) in [5, 5.41) is 6.50. The Balaban J connectivity index is 2.99. The van der Waals surface area contributed by atoms with Crippen LogP contribution in [0, 0.1) is 5.92 Å². The first-order valence-electron chi connectivity index (χ1n) is 6.04. The Hall–Kier alpha value is -1.24. The van der Waals surface area contributed by atoms with E-state index in [9.17, 15) is 4.21 Å². The maximum atomic E-state index is 11.5. The first kappa shape index (κ1) is 14.8. The number of rotatable bonds is 6. The quantitative estimate of drug-likeness (QED) is 0.816. The lowest BCUT2D eigenvalue weighted by molar-refractivity contribution is 0.555. The first-order chi connectivity index (χ1) is 8.43. The molecule has 6 nitrogen and oxygen atoms in total. The zero-order valence-electron chi connectivity index (χ0n) is 11.5. The lowest BCUT2D eigenvalue weighted by atomic mass is 10.1. The van der Waals surface area contributed by atoms with Gasteiger partial charge in [0.05, 0.1) is 10.8 Å². The Morgan fingerprint density at radius 1 is 1.17 bits per heavy atom. The third-order valence-corrected chi connectivity index (χ3v) is 3.26. The van der Waals surface area contributed by atoms with Gasteiger partial charge in [-0.2, -0.15) is 15.0 Å². The number of nitrogens with one attached hydrogen (secondary N) is 2. The Morgan fingerprint density at radius 2 is 1.78 bits per heavy atom.